The third-order valence-electron chi connectivity index (χ3n) is 2.83. The van der Waals surface area contributed by atoms with Crippen LogP contribution >= 0.6 is 11.6 Å². The predicted octanol–water partition coefficient (Wildman–Crippen LogP) is 0.543. The first-order valence-corrected chi connectivity index (χ1v) is 6.19. The zero-order valence-corrected chi connectivity index (χ0v) is 11.1. The molecule has 3 rings (SSSR count). The topological polar surface area (TPSA) is 109 Å². The number of imidazole rings is 1. The fourth-order valence-corrected chi connectivity index (χ4v) is 2.12. The molecular weight excluding hydrogens is 284 g/mol. The average Bonchev–Trinajstić information content (AvgIpc) is 2.85. The standard InChI is InChI=1S/C11H9ClN6O2/c1-2-18-9-6(10(19)17-11(18)20)15-8(16-9)5-7(12)14-4-3-13-5/h3-4H,2H2,1H3,(H,15,16)(H,17,19,20). The van der Waals surface area contributed by atoms with E-state index in [1.54, 1.807) is 6.92 Å². The maximum atomic E-state index is 11.8. The summed E-state index contributed by atoms with van der Waals surface area (Å²) >= 11 is 5.94. The minimum Gasteiger partial charge on any atom is -0.331 e. The van der Waals surface area contributed by atoms with E-state index < -0.39 is 11.2 Å². The Hall–Kier alpha value is -2.48. The number of aromatic amines is 2. The first-order valence-electron chi connectivity index (χ1n) is 5.81. The molecule has 0 fully saturated rings. The summed E-state index contributed by atoms with van der Waals surface area (Å²) < 4.78 is 1.35. The van der Waals surface area contributed by atoms with Gasteiger partial charge in [0, 0.05) is 18.9 Å². The smallest absolute Gasteiger partial charge is 0.330 e. The van der Waals surface area contributed by atoms with Crippen molar-refractivity contribution in [2.45, 2.75) is 13.5 Å². The van der Waals surface area contributed by atoms with Gasteiger partial charge in [-0.2, -0.15) is 0 Å². The summed E-state index contributed by atoms with van der Waals surface area (Å²) in [6.07, 6.45) is 2.91. The van der Waals surface area contributed by atoms with Crippen molar-refractivity contribution in [1.82, 2.24) is 29.5 Å². The molecule has 20 heavy (non-hydrogen) atoms. The Balaban J connectivity index is 2.37. The molecule has 0 atom stereocenters. The van der Waals surface area contributed by atoms with Crippen molar-refractivity contribution in [3.63, 3.8) is 0 Å². The molecule has 2 N–H and O–H groups in total. The fourth-order valence-electron chi connectivity index (χ4n) is 1.93. The number of fused-ring (bicyclic) bond motifs is 1. The Morgan fingerprint density at radius 1 is 1.25 bits per heavy atom. The molecule has 0 aromatic carbocycles. The lowest BCUT2D eigenvalue weighted by molar-refractivity contribution is 0.720. The van der Waals surface area contributed by atoms with Gasteiger partial charge >= 0.3 is 5.69 Å². The molecule has 0 radical (unpaired) electrons. The van der Waals surface area contributed by atoms with Crippen LogP contribution in [0.1, 0.15) is 6.92 Å². The van der Waals surface area contributed by atoms with Gasteiger partial charge in [-0.05, 0) is 6.92 Å². The van der Waals surface area contributed by atoms with Crippen LogP contribution in [-0.4, -0.2) is 29.5 Å². The van der Waals surface area contributed by atoms with Crippen LogP contribution in [0.3, 0.4) is 0 Å². The molecule has 0 spiro atoms. The number of nitrogens with one attached hydrogen (secondary N) is 2. The van der Waals surface area contributed by atoms with Gasteiger partial charge in [0.2, 0.25) is 0 Å². The Kier molecular flexibility index (Phi) is 2.87. The van der Waals surface area contributed by atoms with Crippen molar-refractivity contribution in [3.05, 3.63) is 38.4 Å². The Bertz CT molecular complexity index is 909. The normalized spacial score (nSPS) is 11.1. The molecule has 0 aliphatic carbocycles. The second-order valence-electron chi connectivity index (χ2n) is 3.98. The molecule has 8 nitrogen and oxygen atoms in total. The molecule has 3 heterocycles. The minimum absolute atomic E-state index is 0.161. The van der Waals surface area contributed by atoms with E-state index in [0.29, 0.717) is 12.2 Å². The summed E-state index contributed by atoms with van der Waals surface area (Å²) in [4.78, 5) is 40.7. The van der Waals surface area contributed by atoms with Crippen molar-refractivity contribution >= 4 is 22.8 Å². The van der Waals surface area contributed by atoms with E-state index in [1.165, 1.54) is 17.0 Å². The van der Waals surface area contributed by atoms with Gasteiger partial charge in [-0.1, -0.05) is 11.6 Å². The van der Waals surface area contributed by atoms with Crippen molar-refractivity contribution in [3.8, 4) is 11.5 Å². The molecule has 3 aromatic rings. The monoisotopic (exact) mass is 292 g/mol. The third kappa shape index (κ3) is 1.81. The van der Waals surface area contributed by atoms with E-state index in [4.69, 9.17) is 11.6 Å². The summed E-state index contributed by atoms with van der Waals surface area (Å²) in [5.74, 6) is 0.288. The highest BCUT2D eigenvalue weighted by Gasteiger charge is 2.15. The quantitative estimate of drug-likeness (QED) is 0.716. The molecular formula is C11H9ClN6O2. The number of aromatic nitrogens is 6. The van der Waals surface area contributed by atoms with Gasteiger partial charge in [0.1, 0.15) is 11.2 Å². The number of hydrogen-bond donors (Lipinski definition) is 2. The number of aryl methyl sites for hydroxylation is 1. The van der Waals surface area contributed by atoms with Crippen LogP contribution in [-0.2, 0) is 6.54 Å². The molecule has 0 saturated carbocycles. The molecule has 9 heteroatoms. The van der Waals surface area contributed by atoms with Crippen LogP contribution in [0.25, 0.3) is 22.7 Å². The largest absolute Gasteiger partial charge is 0.331 e. The van der Waals surface area contributed by atoms with Gasteiger partial charge in [0.25, 0.3) is 5.56 Å². The number of nitrogens with zero attached hydrogens (tertiary/aromatic N) is 4. The van der Waals surface area contributed by atoms with Gasteiger partial charge in [-0.25, -0.2) is 19.7 Å². The first kappa shape index (κ1) is 12.5. The summed E-state index contributed by atoms with van der Waals surface area (Å²) in [6.45, 7) is 2.16. The van der Waals surface area contributed by atoms with Crippen LogP contribution in [0.5, 0.6) is 0 Å². The summed E-state index contributed by atoms with van der Waals surface area (Å²) in [5, 5.41) is 0.161. The highest BCUT2D eigenvalue weighted by atomic mass is 35.5. The second kappa shape index (κ2) is 4.57. The van der Waals surface area contributed by atoms with Crippen molar-refractivity contribution < 1.29 is 0 Å². The number of halogens is 1. The van der Waals surface area contributed by atoms with Crippen LogP contribution in [0.2, 0.25) is 5.15 Å². The van der Waals surface area contributed by atoms with Crippen molar-refractivity contribution in [2.24, 2.45) is 0 Å². The molecule has 3 aromatic heterocycles. The van der Waals surface area contributed by atoms with Gasteiger partial charge in [0.05, 0.1) is 0 Å². The van der Waals surface area contributed by atoms with Crippen molar-refractivity contribution in [2.75, 3.05) is 0 Å². The van der Waals surface area contributed by atoms with E-state index in [-0.39, 0.29) is 22.1 Å². The zero-order valence-electron chi connectivity index (χ0n) is 10.3. The van der Waals surface area contributed by atoms with Gasteiger partial charge < -0.3 is 4.98 Å². The molecule has 0 aliphatic heterocycles. The molecule has 0 bridgehead atoms. The minimum atomic E-state index is -0.534. The van der Waals surface area contributed by atoms with E-state index in [2.05, 4.69) is 24.9 Å². The summed E-state index contributed by atoms with van der Waals surface area (Å²) in [6, 6.07) is 0. The Morgan fingerprint density at radius 3 is 2.70 bits per heavy atom. The third-order valence-corrected chi connectivity index (χ3v) is 3.10. The van der Waals surface area contributed by atoms with Crippen molar-refractivity contribution in [1.29, 1.82) is 0 Å². The molecule has 0 aliphatic rings. The zero-order chi connectivity index (χ0) is 14.3. The number of hydrogen-bond acceptors (Lipinski definition) is 5. The summed E-state index contributed by atoms with van der Waals surface area (Å²) in [7, 11) is 0. The highest BCUT2D eigenvalue weighted by molar-refractivity contribution is 6.31. The highest BCUT2D eigenvalue weighted by Crippen LogP contribution is 2.21. The van der Waals surface area contributed by atoms with E-state index in [1.807, 2.05) is 0 Å². The maximum Gasteiger partial charge on any atom is 0.330 e. The maximum absolute atomic E-state index is 11.8. The summed E-state index contributed by atoms with van der Waals surface area (Å²) in [5.41, 5.74) is -0.261. The van der Waals surface area contributed by atoms with Gasteiger partial charge in [0.15, 0.2) is 16.6 Å². The molecule has 0 amide bonds. The van der Waals surface area contributed by atoms with Crippen LogP contribution in [0.4, 0.5) is 0 Å². The fraction of sp³-hybridized carbons (Fsp3) is 0.182. The van der Waals surface area contributed by atoms with E-state index in [9.17, 15) is 9.59 Å². The van der Waals surface area contributed by atoms with Crippen LogP contribution in [0, 0.1) is 0 Å². The Labute approximate surface area is 116 Å². The number of rotatable bonds is 2. The van der Waals surface area contributed by atoms with Gasteiger partial charge in [-0.3, -0.25) is 14.3 Å². The van der Waals surface area contributed by atoms with Gasteiger partial charge in [-0.15, -0.1) is 0 Å². The first-order chi connectivity index (χ1) is 9.61. The van der Waals surface area contributed by atoms with E-state index in [0.717, 1.165) is 0 Å². The molecule has 0 unspecified atom stereocenters. The lowest BCUT2D eigenvalue weighted by Crippen LogP contribution is -2.29. The SMILES string of the molecule is CCn1c(=O)[nH]c(=O)c2[nH]c(-c3nccnc3Cl)nc21. The number of H-pyrrole nitrogens is 2. The molecule has 102 valence electrons. The second-order valence-corrected chi connectivity index (χ2v) is 4.34. The average molecular weight is 293 g/mol. The lowest BCUT2D eigenvalue weighted by atomic mass is 10.4. The Morgan fingerprint density at radius 2 is 2.00 bits per heavy atom. The predicted molar refractivity (Wildman–Crippen MR) is 72.7 cm³/mol. The lowest BCUT2D eigenvalue weighted by Gasteiger charge is -1.99. The van der Waals surface area contributed by atoms with Crippen LogP contribution < -0.4 is 11.2 Å². The van der Waals surface area contributed by atoms with Crippen LogP contribution in [0.15, 0.2) is 22.0 Å². The molecule has 0 saturated heterocycles. The van der Waals surface area contributed by atoms with E-state index >= 15 is 0 Å².